The van der Waals surface area contributed by atoms with Crippen LogP contribution in [0.2, 0.25) is 5.02 Å². The summed E-state index contributed by atoms with van der Waals surface area (Å²) in [4.78, 5) is 20.9. The molecule has 0 heterocycles. The standard InChI is InChI=1S/C21H35ClNO8P/c1-23(2,3)21(26)19(16-20(24)25)31-32(27,28)30-14-9-7-5-4-6-8-13-29-18-12-10-11-17(22)15-18/h10-12,15,19,21H,4-9,13-14,16H2,1-3H3,(H,24,25)(H,27,28)/t19-,21?/m1/s1. The van der Waals surface area contributed by atoms with E-state index in [0.717, 1.165) is 37.9 Å². The molecule has 32 heavy (non-hydrogen) atoms. The maximum Gasteiger partial charge on any atom is 0.472 e. The van der Waals surface area contributed by atoms with E-state index in [-0.39, 0.29) is 11.1 Å². The number of carboxylic acid groups (broad SMARTS) is 1. The van der Waals surface area contributed by atoms with Crippen LogP contribution < -0.4 is 9.84 Å². The van der Waals surface area contributed by atoms with Crippen LogP contribution in [0.5, 0.6) is 5.75 Å². The van der Waals surface area contributed by atoms with Crippen LogP contribution in [0, 0.1) is 0 Å². The van der Waals surface area contributed by atoms with E-state index >= 15 is 0 Å². The number of aliphatic carboxylic acids is 1. The molecule has 0 fully saturated rings. The number of halogens is 1. The Hall–Kier alpha value is -1.19. The maximum absolute atomic E-state index is 12.4. The van der Waals surface area contributed by atoms with Crippen LogP contribution in [0.25, 0.3) is 0 Å². The van der Waals surface area contributed by atoms with Crippen molar-refractivity contribution < 1.29 is 42.7 Å². The highest BCUT2D eigenvalue weighted by molar-refractivity contribution is 7.47. The molecule has 0 aliphatic rings. The third kappa shape index (κ3) is 12.7. The van der Waals surface area contributed by atoms with Gasteiger partial charge < -0.3 is 24.3 Å². The molecular formula is C21H35ClNO8P. The highest BCUT2D eigenvalue weighted by atomic mass is 35.5. The molecular weight excluding hydrogens is 461 g/mol. The van der Waals surface area contributed by atoms with Gasteiger partial charge in [0.1, 0.15) is 11.9 Å². The SMILES string of the molecule is C[N+](C)(C)C([O-])[C@@H](CC(=O)O)OP(=O)(O)OCCCCCCCCOc1cccc(Cl)c1. The van der Waals surface area contributed by atoms with E-state index in [9.17, 15) is 19.4 Å². The van der Waals surface area contributed by atoms with Gasteiger partial charge in [-0.05, 0) is 31.0 Å². The average molecular weight is 496 g/mol. The molecule has 9 nitrogen and oxygen atoms in total. The van der Waals surface area contributed by atoms with E-state index < -0.39 is 32.5 Å². The molecule has 1 aromatic carbocycles. The summed E-state index contributed by atoms with van der Waals surface area (Å²) in [5, 5.41) is 22.0. The number of phosphoric acid groups is 1. The summed E-state index contributed by atoms with van der Waals surface area (Å²) < 4.78 is 27.4. The Labute approximate surface area is 195 Å². The molecule has 0 aliphatic carbocycles. The smallest absolute Gasteiger partial charge is 0.472 e. The lowest BCUT2D eigenvalue weighted by molar-refractivity contribution is -0.973. The second-order valence-corrected chi connectivity index (χ2v) is 10.3. The second kappa shape index (κ2) is 14.2. The van der Waals surface area contributed by atoms with Gasteiger partial charge in [0.2, 0.25) is 0 Å². The van der Waals surface area contributed by atoms with E-state index in [4.69, 9.17) is 30.5 Å². The van der Waals surface area contributed by atoms with Crippen LogP contribution in [0.3, 0.4) is 0 Å². The summed E-state index contributed by atoms with van der Waals surface area (Å²) in [5.41, 5.74) is 0. The van der Waals surface area contributed by atoms with Gasteiger partial charge in [-0.2, -0.15) is 0 Å². The summed E-state index contributed by atoms with van der Waals surface area (Å²) in [6, 6.07) is 7.26. The van der Waals surface area contributed by atoms with Crippen molar-refractivity contribution in [2.24, 2.45) is 0 Å². The minimum atomic E-state index is -4.53. The summed E-state index contributed by atoms with van der Waals surface area (Å²) in [6.45, 7) is 0.597. The Balaban J connectivity index is 2.19. The van der Waals surface area contributed by atoms with Gasteiger partial charge in [-0.3, -0.25) is 13.8 Å². The first kappa shape index (κ1) is 28.8. The summed E-state index contributed by atoms with van der Waals surface area (Å²) in [6.07, 6.45) is 1.46. The molecule has 0 aromatic heterocycles. The van der Waals surface area contributed by atoms with Gasteiger partial charge in [0.15, 0.2) is 0 Å². The fourth-order valence-electron chi connectivity index (χ4n) is 2.90. The molecule has 184 valence electrons. The Kier molecular flexibility index (Phi) is 12.8. The lowest BCUT2D eigenvalue weighted by atomic mass is 10.1. The van der Waals surface area contributed by atoms with Crippen molar-refractivity contribution in [3.05, 3.63) is 29.3 Å². The molecule has 2 unspecified atom stereocenters. The number of carboxylic acids is 1. The van der Waals surface area contributed by atoms with Gasteiger partial charge in [0.05, 0.1) is 40.8 Å². The van der Waals surface area contributed by atoms with Crippen molar-refractivity contribution in [1.29, 1.82) is 0 Å². The number of hydrogen-bond acceptors (Lipinski definition) is 6. The maximum atomic E-state index is 12.4. The Morgan fingerprint density at radius 3 is 2.28 bits per heavy atom. The number of phosphoric ester groups is 1. The minimum Gasteiger partial charge on any atom is -0.804 e. The molecule has 0 radical (unpaired) electrons. The van der Waals surface area contributed by atoms with Gasteiger partial charge in [-0.1, -0.05) is 43.4 Å². The Morgan fingerprint density at radius 2 is 1.72 bits per heavy atom. The number of benzene rings is 1. The van der Waals surface area contributed by atoms with Gasteiger partial charge in [0, 0.05) is 11.3 Å². The lowest BCUT2D eigenvalue weighted by Gasteiger charge is -2.42. The normalized spacial score (nSPS) is 15.7. The topological polar surface area (TPSA) is 125 Å². The summed E-state index contributed by atoms with van der Waals surface area (Å²) >= 11 is 5.90. The minimum absolute atomic E-state index is 0.0145. The zero-order valence-electron chi connectivity index (χ0n) is 18.9. The van der Waals surface area contributed by atoms with Crippen LogP contribution in [-0.4, -0.2) is 67.1 Å². The molecule has 0 saturated heterocycles. The fourth-order valence-corrected chi connectivity index (χ4v) is 4.02. The number of ether oxygens (including phenoxy) is 1. The average Bonchev–Trinajstić information content (AvgIpc) is 2.67. The van der Waals surface area contributed by atoms with Crippen LogP contribution in [0.1, 0.15) is 44.9 Å². The monoisotopic (exact) mass is 495 g/mol. The highest BCUT2D eigenvalue weighted by Gasteiger charge is 2.34. The third-order valence-electron chi connectivity index (χ3n) is 4.58. The van der Waals surface area contributed by atoms with Crippen LogP contribution >= 0.6 is 19.4 Å². The van der Waals surface area contributed by atoms with Crippen molar-refractivity contribution in [2.45, 2.75) is 57.3 Å². The lowest BCUT2D eigenvalue weighted by Crippen LogP contribution is -2.60. The molecule has 0 spiro atoms. The molecule has 0 amide bonds. The Bertz CT molecular complexity index is 743. The van der Waals surface area contributed by atoms with E-state index in [1.54, 1.807) is 33.3 Å². The van der Waals surface area contributed by atoms with Crippen molar-refractivity contribution in [2.75, 3.05) is 34.4 Å². The number of hydrogen-bond donors (Lipinski definition) is 2. The largest absolute Gasteiger partial charge is 0.804 e. The fraction of sp³-hybridized carbons (Fsp3) is 0.667. The van der Waals surface area contributed by atoms with Crippen molar-refractivity contribution in [3.8, 4) is 5.75 Å². The molecule has 11 heteroatoms. The van der Waals surface area contributed by atoms with E-state index in [1.807, 2.05) is 12.1 Å². The predicted molar refractivity (Wildman–Crippen MR) is 119 cm³/mol. The molecule has 1 rings (SSSR count). The number of rotatable bonds is 17. The molecule has 0 bridgehead atoms. The number of likely N-dealkylation sites (N-methyl/N-ethyl adjacent to an activating group) is 1. The molecule has 2 N–H and O–H groups in total. The van der Waals surface area contributed by atoms with Gasteiger partial charge in [-0.25, -0.2) is 4.57 Å². The molecule has 3 atom stereocenters. The molecule has 0 aliphatic heterocycles. The summed E-state index contributed by atoms with van der Waals surface area (Å²) in [5.74, 6) is -0.539. The van der Waals surface area contributed by atoms with Gasteiger partial charge in [-0.15, -0.1) is 0 Å². The molecule has 1 aromatic rings. The zero-order valence-corrected chi connectivity index (χ0v) is 20.6. The number of quaternary nitrogens is 1. The van der Waals surface area contributed by atoms with Gasteiger partial charge in [0.25, 0.3) is 0 Å². The summed E-state index contributed by atoms with van der Waals surface area (Å²) in [7, 11) is 0.143. The predicted octanol–water partition coefficient (Wildman–Crippen LogP) is 3.43. The molecule has 0 saturated carbocycles. The van der Waals surface area contributed by atoms with E-state index in [1.165, 1.54) is 0 Å². The quantitative estimate of drug-likeness (QED) is 0.146. The first-order chi connectivity index (χ1) is 14.9. The zero-order chi connectivity index (χ0) is 24.2. The van der Waals surface area contributed by atoms with Crippen LogP contribution in [0.15, 0.2) is 24.3 Å². The van der Waals surface area contributed by atoms with E-state index in [2.05, 4.69) is 0 Å². The van der Waals surface area contributed by atoms with Crippen LogP contribution in [0.4, 0.5) is 0 Å². The van der Waals surface area contributed by atoms with Gasteiger partial charge >= 0.3 is 13.8 Å². The second-order valence-electron chi connectivity index (χ2n) is 8.48. The Morgan fingerprint density at radius 1 is 1.12 bits per heavy atom. The third-order valence-corrected chi connectivity index (χ3v) is 5.86. The number of nitrogens with zero attached hydrogens (tertiary/aromatic N) is 1. The van der Waals surface area contributed by atoms with Crippen molar-refractivity contribution >= 4 is 25.4 Å². The number of carbonyl (C=O) groups is 1. The first-order valence-electron chi connectivity index (χ1n) is 10.6. The van der Waals surface area contributed by atoms with Crippen molar-refractivity contribution in [3.63, 3.8) is 0 Å². The van der Waals surface area contributed by atoms with E-state index in [0.29, 0.717) is 18.1 Å². The number of unbranched alkanes of at least 4 members (excludes halogenated alkanes) is 5. The van der Waals surface area contributed by atoms with Crippen molar-refractivity contribution in [1.82, 2.24) is 0 Å². The first-order valence-corrected chi connectivity index (χ1v) is 12.5. The van der Waals surface area contributed by atoms with Crippen LogP contribution in [-0.2, 0) is 18.4 Å². The highest BCUT2D eigenvalue weighted by Crippen LogP contribution is 2.45.